The first-order valence-corrected chi connectivity index (χ1v) is 9.32. The van der Waals surface area contributed by atoms with Crippen LogP contribution >= 0.6 is 11.3 Å². The minimum absolute atomic E-state index is 0.0592. The van der Waals surface area contributed by atoms with Gasteiger partial charge in [-0.3, -0.25) is 4.31 Å². The Bertz CT molecular complexity index is 937. The van der Waals surface area contributed by atoms with E-state index in [1.807, 2.05) is 0 Å². The number of hydrogen-bond acceptors (Lipinski definition) is 4. The van der Waals surface area contributed by atoms with E-state index in [-0.39, 0.29) is 21.3 Å². The van der Waals surface area contributed by atoms with Gasteiger partial charge in [-0.2, -0.15) is 0 Å². The molecule has 1 aromatic carbocycles. The monoisotopic (exact) mass is 373 g/mol. The molecule has 5 nitrogen and oxygen atoms in total. The first-order chi connectivity index (χ1) is 11.2. The Hall–Kier alpha value is -2.00. The molecule has 0 spiro atoms. The molecule has 0 radical (unpaired) electrons. The minimum atomic E-state index is -4.04. The molecule has 0 saturated carbocycles. The predicted molar refractivity (Wildman–Crippen MR) is 85.2 cm³/mol. The Morgan fingerprint density at radius 3 is 2.54 bits per heavy atom. The van der Waals surface area contributed by atoms with Gasteiger partial charge in [0.1, 0.15) is 9.09 Å². The summed E-state index contributed by atoms with van der Waals surface area (Å²) in [4.78, 5) is 11.1. The lowest BCUT2D eigenvalue weighted by atomic mass is 10.0. The second-order valence-electron chi connectivity index (χ2n) is 5.46. The highest BCUT2D eigenvalue weighted by atomic mass is 32.2. The Balaban J connectivity index is 2.11. The molecule has 0 unspecified atom stereocenters. The maximum absolute atomic E-state index is 13.6. The zero-order valence-corrected chi connectivity index (χ0v) is 14.2. The molecule has 128 valence electrons. The molecule has 1 aromatic heterocycles. The van der Waals surface area contributed by atoms with Gasteiger partial charge in [-0.1, -0.05) is 0 Å². The molecule has 1 aliphatic heterocycles. The fourth-order valence-corrected chi connectivity index (χ4v) is 5.72. The molecule has 3 rings (SSSR count). The van der Waals surface area contributed by atoms with Crippen LogP contribution in [-0.2, 0) is 16.4 Å². The van der Waals surface area contributed by atoms with Gasteiger partial charge in [0.25, 0.3) is 10.0 Å². The van der Waals surface area contributed by atoms with Gasteiger partial charge < -0.3 is 5.11 Å². The normalized spacial score (nSPS) is 14.5. The molecule has 0 bridgehead atoms. The van der Waals surface area contributed by atoms with Gasteiger partial charge in [0.05, 0.1) is 5.69 Å². The number of fused-ring (bicyclic) bond motifs is 1. The summed E-state index contributed by atoms with van der Waals surface area (Å²) in [6, 6.07) is 3.17. The van der Waals surface area contributed by atoms with Gasteiger partial charge in [0.15, 0.2) is 11.6 Å². The van der Waals surface area contributed by atoms with E-state index in [0.29, 0.717) is 35.3 Å². The van der Waals surface area contributed by atoms with Crippen molar-refractivity contribution in [2.45, 2.75) is 24.0 Å². The van der Waals surface area contributed by atoms with Crippen LogP contribution in [0.25, 0.3) is 0 Å². The first kappa shape index (κ1) is 16.8. The van der Waals surface area contributed by atoms with Crippen LogP contribution in [0, 0.1) is 18.6 Å². The second-order valence-corrected chi connectivity index (χ2v) is 8.60. The lowest BCUT2D eigenvalue weighted by molar-refractivity contribution is 0.0701. The number of hydrogen-bond donors (Lipinski definition) is 1. The molecule has 2 aromatic rings. The van der Waals surface area contributed by atoms with Crippen LogP contribution in [-0.4, -0.2) is 26.0 Å². The van der Waals surface area contributed by atoms with Crippen LogP contribution in [0.4, 0.5) is 14.5 Å². The van der Waals surface area contributed by atoms with Crippen LogP contribution in [0.3, 0.4) is 0 Å². The number of carboxylic acid groups (broad SMARTS) is 1. The Morgan fingerprint density at radius 2 is 1.92 bits per heavy atom. The second kappa shape index (κ2) is 5.82. The molecule has 0 atom stereocenters. The van der Waals surface area contributed by atoms with E-state index in [4.69, 9.17) is 5.11 Å². The smallest absolute Gasteiger partial charge is 0.346 e. The molecule has 0 fully saturated rings. The average Bonchev–Trinajstić information content (AvgIpc) is 2.90. The standard InChI is InChI=1S/C15H13F2NO4S2/c1-8-5-13(23-14(8)15(19)20)24(21,22)18-4-2-3-9-6-10(16)11(17)7-12(9)18/h5-7H,2-4H2,1H3,(H,19,20). The largest absolute Gasteiger partial charge is 0.477 e. The van der Waals surface area contributed by atoms with E-state index in [1.54, 1.807) is 0 Å². The number of halogens is 2. The number of thiophene rings is 1. The third kappa shape index (κ3) is 2.67. The lowest BCUT2D eigenvalue weighted by Crippen LogP contribution is -2.35. The topological polar surface area (TPSA) is 74.7 Å². The van der Waals surface area contributed by atoms with Gasteiger partial charge in [-0.05, 0) is 43.0 Å². The van der Waals surface area contributed by atoms with Crippen molar-refractivity contribution in [2.75, 3.05) is 10.8 Å². The van der Waals surface area contributed by atoms with Crippen LogP contribution in [0.1, 0.15) is 27.2 Å². The highest BCUT2D eigenvalue weighted by molar-refractivity contribution is 7.94. The quantitative estimate of drug-likeness (QED) is 0.897. The molecule has 24 heavy (non-hydrogen) atoms. The number of aryl methyl sites for hydroxylation is 2. The van der Waals surface area contributed by atoms with Crippen molar-refractivity contribution in [3.63, 3.8) is 0 Å². The van der Waals surface area contributed by atoms with E-state index in [9.17, 15) is 22.0 Å². The molecule has 0 saturated heterocycles. The van der Waals surface area contributed by atoms with Crippen LogP contribution < -0.4 is 4.31 Å². The number of nitrogens with zero attached hydrogens (tertiary/aromatic N) is 1. The summed E-state index contributed by atoms with van der Waals surface area (Å²) >= 11 is 0.653. The van der Waals surface area contributed by atoms with Crippen LogP contribution in [0.15, 0.2) is 22.4 Å². The third-order valence-electron chi connectivity index (χ3n) is 3.83. The van der Waals surface area contributed by atoms with E-state index < -0.39 is 27.6 Å². The molecular formula is C15H13F2NO4S2. The zero-order chi connectivity index (χ0) is 17.6. The van der Waals surface area contributed by atoms with Gasteiger partial charge in [-0.25, -0.2) is 22.0 Å². The van der Waals surface area contributed by atoms with Crippen molar-refractivity contribution in [1.82, 2.24) is 0 Å². The number of carbonyl (C=O) groups is 1. The fraction of sp³-hybridized carbons (Fsp3) is 0.267. The Kier molecular flexibility index (Phi) is 4.08. The number of carboxylic acids is 1. The summed E-state index contributed by atoms with van der Waals surface area (Å²) in [5.41, 5.74) is 0.854. The average molecular weight is 373 g/mol. The van der Waals surface area contributed by atoms with Crippen LogP contribution in [0.5, 0.6) is 0 Å². The van der Waals surface area contributed by atoms with Crippen molar-refractivity contribution in [3.05, 3.63) is 45.8 Å². The SMILES string of the molecule is Cc1cc(S(=O)(=O)N2CCCc3cc(F)c(F)cc32)sc1C(=O)O. The van der Waals surface area contributed by atoms with E-state index in [0.717, 1.165) is 16.4 Å². The third-order valence-corrected chi connectivity index (χ3v) is 7.32. The molecule has 2 heterocycles. The maximum atomic E-state index is 13.6. The molecule has 1 aliphatic rings. The van der Waals surface area contributed by atoms with Gasteiger partial charge in [0, 0.05) is 12.6 Å². The van der Waals surface area contributed by atoms with Gasteiger partial charge in [-0.15, -0.1) is 11.3 Å². The highest BCUT2D eigenvalue weighted by Gasteiger charge is 2.32. The number of anilines is 1. The lowest BCUT2D eigenvalue weighted by Gasteiger charge is -2.30. The number of benzene rings is 1. The summed E-state index contributed by atoms with van der Waals surface area (Å²) in [6.45, 7) is 1.64. The summed E-state index contributed by atoms with van der Waals surface area (Å²) in [5.74, 6) is -3.34. The van der Waals surface area contributed by atoms with Gasteiger partial charge >= 0.3 is 5.97 Å². The molecule has 0 amide bonds. The number of sulfonamides is 1. The summed E-state index contributed by atoms with van der Waals surface area (Å²) in [6.07, 6.45) is 0.913. The van der Waals surface area contributed by atoms with Crippen molar-refractivity contribution < 1.29 is 27.1 Å². The van der Waals surface area contributed by atoms with Crippen molar-refractivity contribution in [3.8, 4) is 0 Å². The highest BCUT2D eigenvalue weighted by Crippen LogP contribution is 2.36. The van der Waals surface area contributed by atoms with E-state index >= 15 is 0 Å². The Morgan fingerprint density at radius 1 is 1.25 bits per heavy atom. The van der Waals surface area contributed by atoms with Crippen LogP contribution in [0.2, 0.25) is 0 Å². The van der Waals surface area contributed by atoms with E-state index in [2.05, 4.69) is 0 Å². The molecule has 1 N–H and O–H groups in total. The molecule has 0 aliphatic carbocycles. The first-order valence-electron chi connectivity index (χ1n) is 7.06. The minimum Gasteiger partial charge on any atom is -0.477 e. The predicted octanol–water partition coefficient (Wildman–Crippen LogP) is 3.17. The van der Waals surface area contributed by atoms with E-state index in [1.165, 1.54) is 13.0 Å². The van der Waals surface area contributed by atoms with Crippen molar-refractivity contribution in [2.24, 2.45) is 0 Å². The maximum Gasteiger partial charge on any atom is 0.346 e. The fourth-order valence-electron chi connectivity index (χ4n) is 2.69. The van der Waals surface area contributed by atoms with Gasteiger partial charge in [0.2, 0.25) is 0 Å². The molecular weight excluding hydrogens is 360 g/mol. The number of aromatic carboxylic acids is 1. The zero-order valence-electron chi connectivity index (χ0n) is 12.5. The molecule has 9 heteroatoms. The summed E-state index contributed by atoms with van der Waals surface area (Å²) < 4.78 is 53.6. The van der Waals surface area contributed by atoms with Crippen molar-refractivity contribution >= 4 is 33.0 Å². The Labute approximate surface area is 141 Å². The number of rotatable bonds is 3. The van der Waals surface area contributed by atoms with Crippen molar-refractivity contribution in [1.29, 1.82) is 0 Å². The summed E-state index contributed by atoms with van der Waals surface area (Å²) in [5, 5.41) is 9.09. The summed E-state index contributed by atoms with van der Waals surface area (Å²) in [7, 11) is -4.04.